The minimum atomic E-state index is 0.466. The fourth-order valence-corrected chi connectivity index (χ4v) is 2.60. The van der Waals surface area contributed by atoms with Crippen molar-refractivity contribution in [3.8, 4) is 0 Å². The van der Waals surface area contributed by atoms with Crippen LogP contribution in [0.3, 0.4) is 0 Å². The van der Waals surface area contributed by atoms with Crippen LogP contribution in [0.25, 0.3) is 0 Å². The van der Waals surface area contributed by atoms with Gasteiger partial charge in [-0.15, -0.1) is 0 Å². The molecule has 0 amide bonds. The van der Waals surface area contributed by atoms with Crippen LogP contribution < -0.4 is 10.7 Å². The molecule has 0 radical (unpaired) electrons. The van der Waals surface area contributed by atoms with Gasteiger partial charge in [0.15, 0.2) is 5.11 Å². The molecule has 104 valence electrons. The van der Waals surface area contributed by atoms with Gasteiger partial charge in [-0.2, -0.15) is 5.10 Å². The number of furan rings is 1. The first-order valence-electron chi connectivity index (χ1n) is 6.81. The predicted molar refractivity (Wildman–Crippen MR) is 81.2 cm³/mol. The molecule has 1 fully saturated rings. The molecule has 0 saturated heterocycles. The molecule has 1 aromatic rings. The standard InChI is InChI=1S/C14H21N3OS/c1-10-6-3-4-7-12(10)15-14(19)17-16-11(2)13-8-5-9-18-13/h5,8-10,12H,3-4,6-7H2,1-2H3,(H2,15,17,19)/b16-11-/t10-,12-/m1/s1. The normalized spacial score (nSPS) is 24.0. The number of nitrogens with one attached hydrogen (secondary N) is 2. The summed E-state index contributed by atoms with van der Waals surface area (Å²) in [6, 6.07) is 4.18. The van der Waals surface area contributed by atoms with Crippen LogP contribution in [0.1, 0.15) is 45.3 Å². The molecule has 2 atom stereocenters. The van der Waals surface area contributed by atoms with Crippen molar-refractivity contribution in [1.29, 1.82) is 0 Å². The Bertz CT molecular complexity index is 442. The largest absolute Gasteiger partial charge is 0.463 e. The third-order valence-electron chi connectivity index (χ3n) is 3.63. The lowest BCUT2D eigenvalue weighted by Gasteiger charge is -2.30. The third kappa shape index (κ3) is 4.06. The molecule has 0 spiro atoms. The number of thiocarbonyl (C=S) groups is 1. The maximum atomic E-state index is 5.28. The van der Waals surface area contributed by atoms with Crippen molar-refractivity contribution in [1.82, 2.24) is 10.7 Å². The highest BCUT2D eigenvalue weighted by Crippen LogP contribution is 2.23. The molecule has 0 unspecified atom stereocenters. The number of nitrogens with zero attached hydrogens (tertiary/aromatic N) is 1. The van der Waals surface area contributed by atoms with Crippen LogP contribution in [0.15, 0.2) is 27.9 Å². The Morgan fingerprint density at radius 3 is 2.89 bits per heavy atom. The van der Waals surface area contributed by atoms with Gasteiger partial charge in [-0.1, -0.05) is 19.8 Å². The highest BCUT2D eigenvalue weighted by Gasteiger charge is 2.21. The summed E-state index contributed by atoms with van der Waals surface area (Å²) >= 11 is 5.28. The van der Waals surface area contributed by atoms with Crippen LogP contribution in [0.4, 0.5) is 0 Å². The number of hydrogen-bond acceptors (Lipinski definition) is 3. The second kappa shape index (κ2) is 6.70. The minimum Gasteiger partial charge on any atom is -0.463 e. The molecule has 2 rings (SSSR count). The fourth-order valence-electron chi connectivity index (χ4n) is 2.41. The van der Waals surface area contributed by atoms with Gasteiger partial charge in [-0.25, -0.2) is 0 Å². The molecule has 4 nitrogen and oxygen atoms in total. The minimum absolute atomic E-state index is 0.466. The highest BCUT2D eigenvalue weighted by atomic mass is 32.1. The Balaban J connectivity index is 1.82. The molecule has 2 N–H and O–H groups in total. The molecule has 1 aromatic heterocycles. The number of hydrazone groups is 1. The Kier molecular flexibility index (Phi) is 4.96. The second-order valence-corrected chi connectivity index (χ2v) is 5.54. The van der Waals surface area contributed by atoms with E-state index in [-0.39, 0.29) is 0 Å². The average Bonchev–Trinajstić information content (AvgIpc) is 2.93. The van der Waals surface area contributed by atoms with Crippen molar-refractivity contribution >= 4 is 23.0 Å². The summed E-state index contributed by atoms with van der Waals surface area (Å²) in [5.41, 5.74) is 3.67. The lowest BCUT2D eigenvalue weighted by molar-refractivity contribution is 0.308. The summed E-state index contributed by atoms with van der Waals surface area (Å²) in [5.74, 6) is 1.42. The van der Waals surface area contributed by atoms with Crippen LogP contribution in [-0.4, -0.2) is 16.9 Å². The molecular weight excluding hydrogens is 258 g/mol. The smallest absolute Gasteiger partial charge is 0.187 e. The van der Waals surface area contributed by atoms with E-state index < -0.39 is 0 Å². The van der Waals surface area contributed by atoms with Crippen LogP contribution in [0, 0.1) is 5.92 Å². The van der Waals surface area contributed by atoms with Crippen LogP contribution in [0.2, 0.25) is 0 Å². The predicted octanol–water partition coefficient (Wildman–Crippen LogP) is 3.05. The SMILES string of the molecule is C/C(=N/NC(=S)N[C@@H]1CCCC[C@H]1C)c1ccco1. The van der Waals surface area contributed by atoms with E-state index in [1.165, 1.54) is 25.7 Å². The van der Waals surface area contributed by atoms with Crippen molar-refractivity contribution in [2.24, 2.45) is 11.0 Å². The molecule has 0 aliphatic heterocycles. The van der Waals surface area contributed by atoms with Gasteiger partial charge in [-0.3, -0.25) is 5.43 Å². The molecule has 1 heterocycles. The summed E-state index contributed by atoms with van der Waals surface area (Å²) in [7, 11) is 0. The van der Waals surface area contributed by atoms with E-state index in [1.54, 1.807) is 6.26 Å². The monoisotopic (exact) mass is 279 g/mol. The number of rotatable bonds is 3. The third-order valence-corrected chi connectivity index (χ3v) is 3.84. The maximum Gasteiger partial charge on any atom is 0.187 e. The van der Waals surface area contributed by atoms with Crippen LogP contribution in [0.5, 0.6) is 0 Å². The molecule has 19 heavy (non-hydrogen) atoms. The Morgan fingerprint density at radius 1 is 1.42 bits per heavy atom. The zero-order valence-electron chi connectivity index (χ0n) is 11.5. The lowest BCUT2D eigenvalue weighted by atomic mass is 9.86. The van der Waals surface area contributed by atoms with Crippen molar-refractivity contribution in [3.05, 3.63) is 24.2 Å². The molecule has 1 aliphatic carbocycles. The quantitative estimate of drug-likeness (QED) is 0.507. The van der Waals surface area contributed by atoms with Gasteiger partial charge in [0.25, 0.3) is 0 Å². The Morgan fingerprint density at radius 2 is 2.21 bits per heavy atom. The molecular formula is C14H21N3OS. The van der Waals surface area contributed by atoms with E-state index in [2.05, 4.69) is 22.8 Å². The first-order valence-corrected chi connectivity index (χ1v) is 7.22. The van der Waals surface area contributed by atoms with E-state index in [9.17, 15) is 0 Å². The lowest BCUT2D eigenvalue weighted by Crippen LogP contribution is -2.44. The van der Waals surface area contributed by atoms with Crippen molar-refractivity contribution in [2.75, 3.05) is 0 Å². The van der Waals surface area contributed by atoms with Gasteiger partial charge < -0.3 is 9.73 Å². The van der Waals surface area contributed by atoms with Gasteiger partial charge in [0, 0.05) is 6.04 Å². The number of hydrogen-bond donors (Lipinski definition) is 2. The summed E-state index contributed by atoms with van der Waals surface area (Å²) in [5, 5.41) is 8.17. The summed E-state index contributed by atoms with van der Waals surface area (Å²) in [4.78, 5) is 0. The van der Waals surface area contributed by atoms with Gasteiger partial charge in [0.05, 0.1) is 6.26 Å². The van der Waals surface area contributed by atoms with E-state index in [0.29, 0.717) is 17.1 Å². The summed E-state index contributed by atoms with van der Waals surface area (Å²) in [6.45, 7) is 4.16. The van der Waals surface area contributed by atoms with Crippen LogP contribution in [-0.2, 0) is 0 Å². The first kappa shape index (κ1) is 14.1. The van der Waals surface area contributed by atoms with Crippen molar-refractivity contribution in [3.63, 3.8) is 0 Å². The molecule has 0 bridgehead atoms. The van der Waals surface area contributed by atoms with E-state index >= 15 is 0 Å². The van der Waals surface area contributed by atoms with Gasteiger partial charge in [-0.05, 0) is 50.0 Å². The first-order chi connectivity index (χ1) is 9.16. The van der Waals surface area contributed by atoms with Crippen molar-refractivity contribution in [2.45, 2.75) is 45.6 Å². The van der Waals surface area contributed by atoms with Gasteiger partial charge in [0.1, 0.15) is 11.5 Å². The highest BCUT2D eigenvalue weighted by molar-refractivity contribution is 7.80. The molecule has 0 aromatic carbocycles. The maximum absolute atomic E-state index is 5.28. The molecule has 1 saturated carbocycles. The van der Waals surface area contributed by atoms with E-state index in [0.717, 1.165) is 11.5 Å². The van der Waals surface area contributed by atoms with E-state index in [1.807, 2.05) is 19.1 Å². The van der Waals surface area contributed by atoms with Crippen molar-refractivity contribution < 1.29 is 4.42 Å². The van der Waals surface area contributed by atoms with Gasteiger partial charge in [0.2, 0.25) is 0 Å². The second-order valence-electron chi connectivity index (χ2n) is 5.13. The fraction of sp³-hybridized carbons (Fsp3) is 0.571. The Hall–Kier alpha value is -1.36. The van der Waals surface area contributed by atoms with Gasteiger partial charge >= 0.3 is 0 Å². The summed E-state index contributed by atoms with van der Waals surface area (Å²) in [6.07, 6.45) is 6.70. The topological polar surface area (TPSA) is 49.6 Å². The zero-order valence-corrected chi connectivity index (χ0v) is 12.3. The zero-order chi connectivity index (χ0) is 13.7. The molecule has 1 aliphatic rings. The average molecular weight is 279 g/mol. The Labute approximate surface area is 119 Å². The molecule has 5 heteroatoms. The van der Waals surface area contributed by atoms with Crippen LogP contribution >= 0.6 is 12.2 Å². The summed E-state index contributed by atoms with van der Waals surface area (Å²) < 4.78 is 5.26. The van der Waals surface area contributed by atoms with E-state index in [4.69, 9.17) is 16.6 Å².